The lowest BCUT2D eigenvalue weighted by atomic mass is 9.98. The topological polar surface area (TPSA) is 80.5 Å². The molecule has 0 aliphatic heterocycles. The van der Waals surface area contributed by atoms with Gasteiger partial charge in [-0.15, -0.1) is 0 Å². The molecule has 0 unspecified atom stereocenters. The fraction of sp³-hybridized carbons (Fsp3) is 0.500. The van der Waals surface area contributed by atoms with Gasteiger partial charge in [0.2, 0.25) is 10.0 Å². The van der Waals surface area contributed by atoms with Gasteiger partial charge in [-0.3, -0.25) is 4.79 Å². The second-order valence-electron chi connectivity index (χ2n) is 5.11. The van der Waals surface area contributed by atoms with Gasteiger partial charge in [-0.2, -0.15) is 0 Å². The SMILES string of the molecule is CCCN(C)C(=O)c1c(C)cc(C)c(S(N)(=O)=O)c1C. The van der Waals surface area contributed by atoms with E-state index in [1.165, 1.54) is 0 Å². The molecule has 0 heterocycles. The molecule has 2 N–H and O–H groups in total. The van der Waals surface area contributed by atoms with E-state index in [-0.39, 0.29) is 10.8 Å². The monoisotopic (exact) mass is 298 g/mol. The first-order chi connectivity index (χ1) is 9.11. The Morgan fingerprint density at radius 2 is 1.80 bits per heavy atom. The summed E-state index contributed by atoms with van der Waals surface area (Å²) in [5.74, 6) is -0.174. The maximum atomic E-state index is 12.5. The Hall–Kier alpha value is -1.40. The fourth-order valence-electron chi connectivity index (χ4n) is 2.56. The van der Waals surface area contributed by atoms with Crippen LogP contribution in [0.1, 0.15) is 40.4 Å². The molecule has 1 rings (SSSR count). The van der Waals surface area contributed by atoms with Crippen LogP contribution in [0.5, 0.6) is 0 Å². The Morgan fingerprint density at radius 3 is 2.25 bits per heavy atom. The van der Waals surface area contributed by atoms with Gasteiger partial charge in [-0.1, -0.05) is 13.0 Å². The molecule has 0 aromatic heterocycles. The van der Waals surface area contributed by atoms with Crippen LogP contribution in [0, 0.1) is 20.8 Å². The van der Waals surface area contributed by atoms with Crippen LogP contribution in [0.25, 0.3) is 0 Å². The molecule has 0 bridgehead atoms. The van der Waals surface area contributed by atoms with Gasteiger partial charge in [0.05, 0.1) is 4.90 Å². The minimum atomic E-state index is -3.85. The normalized spacial score (nSPS) is 11.5. The number of sulfonamides is 1. The number of benzene rings is 1. The van der Waals surface area contributed by atoms with Gasteiger partial charge in [-0.05, 0) is 43.9 Å². The van der Waals surface area contributed by atoms with E-state index in [1.807, 2.05) is 6.92 Å². The highest BCUT2D eigenvalue weighted by molar-refractivity contribution is 7.89. The number of nitrogens with two attached hydrogens (primary N) is 1. The fourth-order valence-corrected chi connectivity index (χ4v) is 3.60. The number of aryl methyl sites for hydroxylation is 2. The van der Waals surface area contributed by atoms with E-state index in [4.69, 9.17) is 5.14 Å². The van der Waals surface area contributed by atoms with Crippen molar-refractivity contribution in [2.75, 3.05) is 13.6 Å². The lowest BCUT2D eigenvalue weighted by molar-refractivity contribution is 0.0793. The first-order valence-corrected chi connectivity index (χ1v) is 8.05. The number of hydrogen-bond donors (Lipinski definition) is 1. The summed E-state index contributed by atoms with van der Waals surface area (Å²) in [5.41, 5.74) is 2.19. The second kappa shape index (κ2) is 5.93. The molecule has 1 aromatic rings. The Labute approximate surface area is 120 Å². The highest BCUT2D eigenvalue weighted by Gasteiger charge is 2.24. The first-order valence-electron chi connectivity index (χ1n) is 6.50. The van der Waals surface area contributed by atoms with Gasteiger partial charge in [0.25, 0.3) is 5.91 Å². The number of rotatable bonds is 4. The first kappa shape index (κ1) is 16.7. The van der Waals surface area contributed by atoms with E-state index in [1.54, 1.807) is 38.8 Å². The summed E-state index contributed by atoms with van der Waals surface area (Å²) >= 11 is 0. The average molecular weight is 298 g/mol. The van der Waals surface area contributed by atoms with E-state index in [9.17, 15) is 13.2 Å². The molecular weight excluding hydrogens is 276 g/mol. The molecule has 6 heteroatoms. The zero-order chi connectivity index (χ0) is 15.7. The largest absolute Gasteiger partial charge is 0.342 e. The maximum absolute atomic E-state index is 12.5. The molecule has 20 heavy (non-hydrogen) atoms. The van der Waals surface area contributed by atoms with Crippen molar-refractivity contribution in [1.82, 2.24) is 4.90 Å². The number of amides is 1. The summed E-state index contributed by atoms with van der Waals surface area (Å²) in [7, 11) is -2.14. The van der Waals surface area contributed by atoms with E-state index in [0.717, 1.165) is 12.0 Å². The van der Waals surface area contributed by atoms with Crippen molar-refractivity contribution in [2.24, 2.45) is 5.14 Å². The third kappa shape index (κ3) is 3.19. The zero-order valence-electron chi connectivity index (χ0n) is 12.6. The number of carbonyl (C=O) groups is 1. The molecule has 5 nitrogen and oxygen atoms in total. The van der Waals surface area contributed by atoms with Gasteiger partial charge in [-0.25, -0.2) is 13.6 Å². The van der Waals surface area contributed by atoms with E-state index < -0.39 is 10.0 Å². The highest BCUT2D eigenvalue weighted by Crippen LogP contribution is 2.26. The van der Waals surface area contributed by atoms with Gasteiger partial charge >= 0.3 is 0 Å². The molecule has 0 spiro atoms. The lowest BCUT2D eigenvalue weighted by Crippen LogP contribution is -2.29. The number of hydrogen-bond acceptors (Lipinski definition) is 3. The molecule has 0 saturated carbocycles. The minimum Gasteiger partial charge on any atom is -0.342 e. The van der Waals surface area contributed by atoms with Crippen LogP contribution < -0.4 is 5.14 Å². The lowest BCUT2D eigenvalue weighted by Gasteiger charge is -2.21. The van der Waals surface area contributed by atoms with Crippen molar-refractivity contribution in [3.63, 3.8) is 0 Å². The smallest absolute Gasteiger partial charge is 0.254 e. The Balaban J connectivity index is 3.53. The van der Waals surface area contributed by atoms with Crippen molar-refractivity contribution in [2.45, 2.75) is 39.0 Å². The summed E-state index contributed by atoms with van der Waals surface area (Å²) in [6, 6.07) is 1.69. The Bertz CT molecular complexity index is 636. The van der Waals surface area contributed by atoms with Crippen molar-refractivity contribution in [1.29, 1.82) is 0 Å². The Kier molecular flexibility index (Phi) is 4.94. The predicted molar refractivity (Wildman–Crippen MR) is 79.3 cm³/mol. The summed E-state index contributed by atoms with van der Waals surface area (Å²) in [6.07, 6.45) is 0.842. The van der Waals surface area contributed by atoms with Crippen molar-refractivity contribution < 1.29 is 13.2 Å². The quantitative estimate of drug-likeness (QED) is 0.919. The number of primary sulfonamides is 1. The van der Waals surface area contributed by atoms with Crippen LogP contribution in [0.3, 0.4) is 0 Å². The zero-order valence-corrected chi connectivity index (χ0v) is 13.5. The van der Waals surface area contributed by atoms with Crippen molar-refractivity contribution in [3.8, 4) is 0 Å². The van der Waals surface area contributed by atoms with E-state index in [2.05, 4.69) is 0 Å². The van der Waals surface area contributed by atoms with E-state index >= 15 is 0 Å². The number of nitrogens with zero attached hydrogens (tertiary/aromatic N) is 1. The molecule has 0 aliphatic rings. The highest BCUT2D eigenvalue weighted by atomic mass is 32.2. The van der Waals surface area contributed by atoms with Gasteiger partial charge in [0.1, 0.15) is 0 Å². The molecule has 0 radical (unpaired) electrons. The van der Waals surface area contributed by atoms with Crippen LogP contribution in [0.2, 0.25) is 0 Å². The minimum absolute atomic E-state index is 0.0522. The maximum Gasteiger partial charge on any atom is 0.254 e. The molecule has 1 aromatic carbocycles. The Morgan fingerprint density at radius 1 is 1.25 bits per heavy atom. The molecule has 1 amide bonds. The van der Waals surface area contributed by atoms with Gasteiger partial charge in [0.15, 0.2) is 0 Å². The van der Waals surface area contributed by atoms with Crippen LogP contribution in [-0.2, 0) is 10.0 Å². The van der Waals surface area contributed by atoms with Gasteiger partial charge < -0.3 is 4.90 Å². The average Bonchev–Trinajstić information content (AvgIpc) is 2.25. The van der Waals surface area contributed by atoms with Crippen molar-refractivity contribution in [3.05, 3.63) is 28.3 Å². The summed E-state index contributed by atoms with van der Waals surface area (Å²) in [4.78, 5) is 14.1. The molecule has 0 aliphatic carbocycles. The second-order valence-corrected chi connectivity index (χ2v) is 6.61. The van der Waals surface area contributed by atoms with Crippen LogP contribution in [0.15, 0.2) is 11.0 Å². The predicted octanol–water partition coefficient (Wildman–Crippen LogP) is 1.74. The molecule has 112 valence electrons. The molecule has 0 saturated heterocycles. The van der Waals surface area contributed by atoms with Crippen LogP contribution in [0.4, 0.5) is 0 Å². The molecule has 0 atom stereocenters. The summed E-state index contributed by atoms with van der Waals surface area (Å²) < 4.78 is 23.4. The van der Waals surface area contributed by atoms with Crippen LogP contribution in [-0.4, -0.2) is 32.8 Å². The molecule has 0 fully saturated rings. The van der Waals surface area contributed by atoms with E-state index in [0.29, 0.717) is 23.2 Å². The molecular formula is C14H22N2O3S. The number of carbonyl (C=O) groups excluding carboxylic acids is 1. The summed E-state index contributed by atoms with van der Waals surface area (Å²) in [5, 5.41) is 5.26. The third-order valence-electron chi connectivity index (χ3n) is 3.31. The van der Waals surface area contributed by atoms with Crippen LogP contribution >= 0.6 is 0 Å². The summed E-state index contributed by atoms with van der Waals surface area (Å²) in [6.45, 7) is 7.72. The standard InChI is InChI=1S/C14H22N2O3S/c1-6-7-16(5)14(17)12-9(2)8-10(3)13(11(12)4)20(15,18)19/h8H,6-7H2,1-5H3,(H2,15,18,19). The van der Waals surface area contributed by atoms with Crippen molar-refractivity contribution >= 4 is 15.9 Å². The third-order valence-corrected chi connectivity index (χ3v) is 4.50. The van der Waals surface area contributed by atoms with Gasteiger partial charge in [0, 0.05) is 19.2 Å².